The maximum absolute atomic E-state index is 13.0. The lowest BCUT2D eigenvalue weighted by Crippen LogP contribution is -2.12. The van der Waals surface area contributed by atoms with Crippen molar-refractivity contribution in [1.82, 2.24) is 0 Å². The minimum absolute atomic E-state index is 0.108. The topological polar surface area (TPSA) is 55.1 Å². The molecule has 0 aliphatic heterocycles. The molecule has 0 saturated carbocycles. The van der Waals surface area contributed by atoms with Crippen LogP contribution in [0.5, 0.6) is 0 Å². The Morgan fingerprint density at radius 1 is 1.28 bits per heavy atom. The zero-order valence-electron chi connectivity index (χ0n) is 10.8. The van der Waals surface area contributed by atoms with Gasteiger partial charge in [0.2, 0.25) is 5.91 Å². The van der Waals surface area contributed by atoms with Crippen LogP contribution in [0.3, 0.4) is 0 Å². The fourth-order valence-electron chi connectivity index (χ4n) is 1.74. The van der Waals surface area contributed by atoms with Crippen molar-refractivity contribution in [3.63, 3.8) is 0 Å². The molecule has 3 N–H and O–H groups in total. The van der Waals surface area contributed by atoms with E-state index >= 15 is 0 Å². The van der Waals surface area contributed by atoms with Crippen LogP contribution in [-0.2, 0) is 4.79 Å². The molecule has 4 heteroatoms. The van der Waals surface area contributed by atoms with Crippen molar-refractivity contribution >= 4 is 17.3 Å². The van der Waals surface area contributed by atoms with E-state index in [2.05, 4.69) is 12.2 Å². The molecule has 0 aliphatic rings. The number of amides is 1. The first-order chi connectivity index (χ1) is 8.63. The number of unbranched alkanes of at least 4 members (excludes halogenated alkanes) is 4. The zero-order chi connectivity index (χ0) is 13.4. The van der Waals surface area contributed by atoms with Crippen molar-refractivity contribution in [3.05, 3.63) is 24.0 Å². The number of hydrogen-bond donors (Lipinski definition) is 2. The molecule has 1 aromatic rings. The summed E-state index contributed by atoms with van der Waals surface area (Å²) in [6.45, 7) is 2.15. The number of hydrogen-bond acceptors (Lipinski definition) is 2. The van der Waals surface area contributed by atoms with Crippen molar-refractivity contribution in [2.24, 2.45) is 0 Å². The van der Waals surface area contributed by atoms with E-state index < -0.39 is 5.82 Å². The maximum atomic E-state index is 13.0. The Morgan fingerprint density at radius 2 is 2.00 bits per heavy atom. The van der Waals surface area contributed by atoms with E-state index in [0.29, 0.717) is 17.8 Å². The minimum atomic E-state index is -0.401. The predicted molar refractivity (Wildman–Crippen MR) is 72.8 cm³/mol. The third-order valence-corrected chi connectivity index (χ3v) is 2.80. The standard InChI is InChI=1S/C14H21FN2O/c1-2-3-4-5-6-7-14(18)17-13-10-11(15)8-9-12(13)16/h8-10H,2-7,16H2,1H3,(H,17,18). The minimum Gasteiger partial charge on any atom is -0.397 e. The highest BCUT2D eigenvalue weighted by Gasteiger charge is 2.06. The van der Waals surface area contributed by atoms with Crippen LogP contribution in [0.15, 0.2) is 18.2 Å². The zero-order valence-corrected chi connectivity index (χ0v) is 10.8. The summed E-state index contributed by atoms with van der Waals surface area (Å²) in [5.74, 6) is -0.508. The second-order valence-corrected chi connectivity index (χ2v) is 4.44. The van der Waals surface area contributed by atoms with Crippen LogP contribution in [0.2, 0.25) is 0 Å². The third kappa shape index (κ3) is 5.17. The molecule has 0 unspecified atom stereocenters. The van der Waals surface area contributed by atoms with Crippen LogP contribution in [0, 0.1) is 5.82 Å². The molecular formula is C14H21FN2O. The Morgan fingerprint density at radius 3 is 2.72 bits per heavy atom. The summed E-state index contributed by atoms with van der Waals surface area (Å²) in [6, 6.07) is 3.96. The summed E-state index contributed by atoms with van der Waals surface area (Å²) in [4.78, 5) is 11.6. The summed E-state index contributed by atoms with van der Waals surface area (Å²) in [5.41, 5.74) is 6.39. The number of nitrogen functional groups attached to an aromatic ring is 1. The third-order valence-electron chi connectivity index (χ3n) is 2.80. The summed E-state index contributed by atoms with van der Waals surface area (Å²) in [7, 11) is 0. The van der Waals surface area contributed by atoms with Gasteiger partial charge in [-0.05, 0) is 24.6 Å². The van der Waals surface area contributed by atoms with Gasteiger partial charge in [-0.2, -0.15) is 0 Å². The second-order valence-electron chi connectivity index (χ2n) is 4.44. The first-order valence-electron chi connectivity index (χ1n) is 6.48. The summed E-state index contributed by atoms with van der Waals surface area (Å²) in [6.07, 6.45) is 5.93. The van der Waals surface area contributed by atoms with Gasteiger partial charge in [0.1, 0.15) is 5.82 Å². The predicted octanol–water partition coefficient (Wildman–Crippen LogP) is 3.71. The van der Waals surface area contributed by atoms with Crippen LogP contribution in [0.4, 0.5) is 15.8 Å². The first-order valence-corrected chi connectivity index (χ1v) is 6.48. The van der Waals surface area contributed by atoms with E-state index in [0.717, 1.165) is 19.3 Å². The molecule has 0 atom stereocenters. The number of nitrogens with one attached hydrogen (secondary N) is 1. The second kappa shape index (κ2) is 7.69. The van der Waals surface area contributed by atoms with Crippen molar-refractivity contribution in [2.45, 2.75) is 45.4 Å². The van der Waals surface area contributed by atoms with Gasteiger partial charge in [0, 0.05) is 6.42 Å². The number of anilines is 2. The monoisotopic (exact) mass is 252 g/mol. The van der Waals surface area contributed by atoms with Crippen molar-refractivity contribution in [3.8, 4) is 0 Å². The SMILES string of the molecule is CCCCCCCC(=O)Nc1cc(F)ccc1N. The van der Waals surface area contributed by atoms with Crippen molar-refractivity contribution < 1.29 is 9.18 Å². The molecule has 0 radical (unpaired) electrons. The van der Waals surface area contributed by atoms with Gasteiger partial charge in [-0.3, -0.25) is 4.79 Å². The van der Waals surface area contributed by atoms with E-state index in [1.165, 1.54) is 31.0 Å². The van der Waals surface area contributed by atoms with E-state index in [1.54, 1.807) is 0 Å². The molecule has 0 fully saturated rings. The lowest BCUT2D eigenvalue weighted by molar-refractivity contribution is -0.116. The largest absolute Gasteiger partial charge is 0.397 e. The van der Waals surface area contributed by atoms with Crippen LogP contribution in [0.25, 0.3) is 0 Å². The molecule has 3 nitrogen and oxygen atoms in total. The molecule has 0 aliphatic carbocycles. The lowest BCUT2D eigenvalue weighted by atomic mass is 10.1. The lowest BCUT2D eigenvalue weighted by Gasteiger charge is -2.08. The van der Waals surface area contributed by atoms with Gasteiger partial charge < -0.3 is 11.1 Å². The number of carbonyl (C=O) groups is 1. The van der Waals surface area contributed by atoms with Gasteiger partial charge in [0.25, 0.3) is 0 Å². The fraction of sp³-hybridized carbons (Fsp3) is 0.500. The van der Waals surface area contributed by atoms with E-state index in [9.17, 15) is 9.18 Å². The molecule has 100 valence electrons. The molecule has 0 spiro atoms. The normalized spacial score (nSPS) is 10.3. The molecule has 18 heavy (non-hydrogen) atoms. The number of carbonyl (C=O) groups excluding carboxylic acids is 1. The van der Waals surface area contributed by atoms with Gasteiger partial charge in [-0.1, -0.05) is 32.6 Å². The molecular weight excluding hydrogens is 231 g/mol. The Hall–Kier alpha value is -1.58. The summed E-state index contributed by atoms with van der Waals surface area (Å²) >= 11 is 0. The Kier molecular flexibility index (Phi) is 6.19. The van der Waals surface area contributed by atoms with Crippen LogP contribution < -0.4 is 11.1 Å². The highest BCUT2D eigenvalue weighted by molar-refractivity contribution is 5.93. The molecule has 0 aromatic heterocycles. The number of benzene rings is 1. The van der Waals surface area contributed by atoms with E-state index in [1.807, 2.05) is 0 Å². The molecule has 1 aromatic carbocycles. The first kappa shape index (κ1) is 14.5. The van der Waals surface area contributed by atoms with Gasteiger partial charge in [-0.15, -0.1) is 0 Å². The number of rotatable bonds is 7. The molecule has 1 amide bonds. The fourth-order valence-corrected chi connectivity index (χ4v) is 1.74. The Bertz CT molecular complexity index is 393. The van der Waals surface area contributed by atoms with Crippen molar-refractivity contribution in [2.75, 3.05) is 11.1 Å². The quantitative estimate of drug-likeness (QED) is 0.574. The smallest absolute Gasteiger partial charge is 0.224 e. The summed E-state index contributed by atoms with van der Waals surface area (Å²) < 4.78 is 13.0. The maximum Gasteiger partial charge on any atom is 0.224 e. The van der Waals surface area contributed by atoms with Gasteiger partial charge >= 0.3 is 0 Å². The molecule has 1 rings (SSSR count). The van der Waals surface area contributed by atoms with E-state index in [-0.39, 0.29) is 5.91 Å². The van der Waals surface area contributed by atoms with Gasteiger partial charge in [0.15, 0.2) is 0 Å². The van der Waals surface area contributed by atoms with E-state index in [4.69, 9.17) is 5.73 Å². The Labute approximate surface area is 108 Å². The highest BCUT2D eigenvalue weighted by atomic mass is 19.1. The van der Waals surface area contributed by atoms with Crippen LogP contribution in [0.1, 0.15) is 45.4 Å². The number of nitrogens with two attached hydrogens (primary N) is 1. The molecule has 0 bridgehead atoms. The van der Waals surface area contributed by atoms with Crippen LogP contribution >= 0.6 is 0 Å². The van der Waals surface area contributed by atoms with Gasteiger partial charge in [-0.25, -0.2) is 4.39 Å². The molecule has 0 heterocycles. The summed E-state index contributed by atoms with van der Waals surface area (Å²) in [5, 5.41) is 2.64. The van der Waals surface area contributed by atoms with Crippen molar-refractivity contribution in [1.29, 1.82) is 0 Å². The Balaban J connectivity index is 2.33. The average Bonchev–Trinajstić information content (AvgIpc) is 2.33. The average molecular weight is 252 g/mol. The van der Waals surface area contributed by atoms with Crippen LogP contribution in [-0.4, -0.2) is 5.91 Å². The molecule has 0 saturated heterocycles. The highest BCUT2D eigenvalue weighted by Crippen LogP contribution is 2.19. The number of halogens is 1. The van der Waals surface area contributed by atoms with Gasteiger partial charge in [0.05, 0.1) is 11.4 Å².